The number of allylic oxidation sites excluding steroid dienone is 2. The molecular formula is C46H44Cl2N4O7. The largest absolute Gasteiger partial charge is 0.508 e. The smallest absolute Gasteiger partial charge is 0.260 e. The van der Waals surface area contributed by atoms with Crippen LogP contribution in [0.1, 0.15) is 48.3 Å². The van der Waals surface area contributed by atoms with Gasteiger partial charge in [0.1, 0.15) is 17.2 Å². The molecule has 0 aromatic heterocycles. The number of piperidine rings is 1. The summed E-state index contributed by atoms with van der Waals surface area (Å²) in [4.78, 5) is 63.8. The normalized spacial score (nSPS) is 27.0. The Kier molecular flexibility index (Phi) is 10.2. The van der Waals surface area contributed by atoms with Gasteiger partial charge in [0, 0.05) is 48.2 Å². The van der Waals surface area contributed by atoms with Crippen LogP contribution in [0.15, 0.2) is 103 Å². The van der Waals surface area contributed by atoms with Crippen molar-refractivity contribution in [2.45, 2.75) is 49.6 Å². The first-order valence-corrected chi connectivity index (χ1v) is 20.7. The second-order valence-electron chi connectivity index (χ2n) is 16.2. The average molecular weight is 836 g/mol. The topological polar surface area (TPSA) is 129 Å². The van der Waals surface area contributed by atoms with Gasteiger partial charge in [-0.3, -0.25) is 34.4 Å². The van der Waals surface area contributed by atoms with E-state index in [1.165, 1.54) is 29.7 Å². The van der Waals surface area contributed by atoms with E-state index in [2.05, 4.69) is 22.5 Å². The SMILES string of the molecule is COc1ccc(C23C(=O)N(Nc4ccc(Cl)cc4Cl)C(=O)C2CC2C(=CCC4C(=O)N(C5CCN(Cc6ccccc6)CC5)C(=O)C42)C3c2ccc(OC)cc2O)cc1. The zero-order valence-electron chi connectivity index (χ0n) is 32.6. The van der Waals surface area contributed by atoms with E-state index >= 15 is 9.59 Å². The van der Waals surface area contributed by atoms with Gasteiger partial charge in [-0.05, 0) is 79.1 Å². The zero-order chi connectivity index (χ0) is 41.2. The van der Waals surface area contributed by atoms with Crippen molar-refractivity contribution in [1.82, 2.24) is 14.8 Å². The number of fused-ring (bicyclic) bond motifs is 4. The van der Waals surface area contributed by atoms with Gasteiger partial charge in [-0.2, -0.15) is 5.01 Å². The number of carbonyl (C=O) groups is 4. The molecule has 59 heavy (non-hydrogen) atoms. The molecule has 3 heterocycles. The lowest BCUT2D eigenvalue weighted by atomic mass is 9.49. The van der Waals surface area contributed by atoms with Crippen LogP contribution in [0.4, 0.5) is 5.69 Å². The van der Waals surface area contributed by atoms with Gasteiger partial charge in [-0.15, -0.1) is 0 Å². The summed E-state index contributed by atoms with van der Waals surface area (Å²) in [6.07, 6.45) is 3.72. The number of rotatable bonds is 9. The molecular weight excluding hydrogens is 791 g/mol. The number of ether oxygens (including phenoxy) is 2. The Hall–Kier alpha value is -5.36. The fraction of sp³-hybridized carbons (Fsp3) is 0.348. The number of methoxy groups -OCH3 is 2. The van der Waals surface area contributed by atoms with E-state index in [4.69, 9.17) is 32.7 Å². The van der Waals surface area contributed by atoms with E-state index < -0.39 is 46.8 Å². The zero-order valence-corrected chi connectivity index (χ0v) is 34.2. The number of anilines is 1. The number of nitrogens with one attached hydrogen (secondary N) is 1. The van der Waals surface area contributed by atoms with E-state index in [1.807, 2.05) is 24.3 Å². The third-order valence-corrected chi connectivity index (χ3v) is 13.9. The number of halogens is 2. The molecule has 2 aliphatic carbocycles. The molecule has 6 atom stereocenters. The summed E-state index contributed by atoms with van der Waals surface area (Å²) in [7, 11) is 3.04. The molecule has 3 aliphatic heterocycles. The van der Waals surface area contributed by atoms with Gasteiger partial charge in [-0.1, -0.05) is 83.4 Å². The van der Waals surface area contributed by atoms with E-state index in [-0.39, 0.29) is 41.5 Å². The number of phenols is 1. The highest BCUT2D eigenvalue weighted by Crippen LogP contribution is 2.65. The molecule has 304 valence electrons. The predicted octanol–water partition coefficient (Wildman–Crippen LogP) is 7.37. The monoisotopic (exact) mass is 834 g/mol. The average Bonchev–Trinajstić information content (AvgIpc) is 3.63. The summed E-state index contributed by atoms with van der Waals surface area (Å²) in [5.74, 6) is -4.51. The predicted molar refractivity (Wildman–Crippen MR) is 222 cm³/mol. The minimum Gasteiger partial charge on any atom is -0.508 e. The third kappa shape index (κ3) is 6.36. The highest BCUT2D eigenvalue weighted by atomic mass is 35.5. The van der Waals surface area contributed by atoms with Gasteiger partial charge in [0.2, 0.25) is 11.8 Å². The first-order valence-electron chi connectivity index (χ1n) is 20.0. The van der Waals surface area contributed by atoms with Crippen molar-refractivity contribution in [2.24, 2.45) is 23.7 Å². The van der Waals surface area contributed by atoms with Crippen molar-refractivity contribution in [3.63, 3.8) is 0 Å². The highest BCUT2D eigenvalue weighted by Gasteiger charge is 2.71. The maximum Gasteiger partial charge on any atom is 0.260 e. The molecule has 0 spiro atoms. The molecule has 4 fully saturated rings. The highest BCUT2D eigenvalue weighted by molar-refractivity contribution is 6.36. The molecule has 11 nitrogen and oxygen atoms in total. The lowest BCUT2D eigenvalue weighted by Gasteiger charge is -2.50. The first kappa shape index (κ1) is 39.1. The van der Waals surface area contributed by atoms with Crippen LogP contribution in [-0.2, 0) is 31.1 Å². The molecule has 2 N–H and O–H groups in total. The molecule has 3 saturated heterocycles. The summed E-state index contributed by atoms with van der Waals surface area (Å²) >= 11 is 12.8. The van der Waals surface area contributed by atoms with Crippen LogP contribution in [0.2, 0.25) is 10.0 Å². The van der Waals surface area contributed by atoms with Gasteiger partial charge < -0.3 is 14.6 Å². The molecule has 0 radical (unpaired) electrons. The summed E-state index contributed by atoms with van der Waals surface area (Å²) in [6, 6.07) is 26.7. The van der Waals surface area contributed by atoms with Crippen molar-refractivity contribution in [2.75, 3.05) is 32.7 Å². The molecule has 13 heteroatoms. The summed E-state index contributed by atoms with van der Waals surface area (Å²) in [5.41, 5.74) is 4.59. The second-order valence-corrected chi connectivity index (χ2v) is 17.0. The third-order valence-electron chi connectivity index (χ3n) is 13.3. The van der Waals surface area contributed by atoms with Crippen LogP contribution in [0.25, 0.3) is 0 Å². The summed E-state index contributed by atoms with van der Waals surface area (Å²) < 4.78 is 11.0. The fourth-order valence-corrected chi connectivity index (χ4v) is 11.1. The Morgan fingerprint density at radius 3 is 2.20 bits per heavy atom. The number of carbonyl (C=O) groups excluding carboxylic acids is 4. The van der Waals surface area contributed by atoms with Crippen LogP contribution in [0.5, 0.6) is 17.2 Å². The van der Waals surface area contributed by atoms with Gasteiger partial charge >= 0.3 is 0 Å². The standard InChI is InChI=1S/C46H44Cl2N4O7/c1-58-30-11-8-27(9-12-30)46-36(43(55)52(45(46)57)49-38-17-10-28(47)22-37(38)48)24-35-32(41(46)33-14-13-31(59-2)23-39(33)53)15-16-34-40(35)44(56)51(42(34)54)29-18-20-50(21-19-29)25-26-6-4-3-5-7-26/h3-15,17,22-23,29,34-36,40-41,49,53H,16,18-21,24-25H2,1-2H3. The number of hydrogen-bond donors (Lipinski definition) is 2. The van der Waals surface area contributed by atoms with Crippen LogP contribution in [0.3, 0.4) is 0 Å². The number of aromatic hydroxyl groups is 1. The molecule has 4 amide bonds. The van der Waals surface area contributed by atoms with E-state index in [1.54, 1.807) is 55.6 Å². The number of nitrogens with zero attached hydrogens (tertiary/aromatic N) is 3. The number of likely N-dealkylation sites (tertiary alicyclic amines) is 2. The van der Waals surface area contributed by atoms with Crippen LogP contribution >= 0.6 is 23.2 Å². The minimum atomic E-state index is -1.60. The number of imide groups is 2. The minimum absolute atomic E-state index is 0.117. The summed E-state index contributed by atoms with van der Waals surface area (Å²) in [5, 5.41) is 13.4. The maximum atomic E-state index is 15.5. The second kappa shape index (κ2) is 15.3. The lowest BCUT2D eigenvalue weighted by Crippen LogP contribution is -2.53. The Morgan fingerprint density at radius 2 is 1.53 bits per heavy atom. The van der Waals surface area contributed by atoms with Crippen LogP contribution < -0.4 is 14.9 Å². The van der Waals surface area contributed by atoms with Gasteiger partial charge in [-0.25, -0.2) is 0 Å². The molecule has 6 unspecified atom stereocenters. The van der Waals surface area contributed by atoms with E-state index in [0.717, 1.165) is 30.2 Å². The quantitative estimate of drug-likeness (QED) is 0.131. The summed E-state index contributed by atoms with van der Waals surface area (Å²) in [6.45, 7) is 2.30. The van der Waals surface area contributed by atoms with E-state index in [0.29, 0.717) is 46.2 Å². The molecule has 4 aromatic carbocycles. The van der Waals surface area contributed by atoms with Crippen molar-refractivity contribution in [3.8, 4) is 17.2 Å². The molecule has 1 saturated carbocycles. The molecule has 0 bridgehead atoms. The Bertz CT molecular complexity index is 2370. The van der Waals surface area contributed by atoms with Gasteiger partial charge in [0.25, 0.3) is 11.8 Å². The van der Waals surface area contributed by atoms with Crippen molar-refractivity contribution < 1.29 is 33.8 Å². The first-order chi connectivity index (χ1) is 28.5. The van der Waals surface area contributed by atoms with Gasteiger partial charge in [0.05, 0.1) is 48.1 Å². The number of benzene rings is 4. The number of hydrogen-bond acceptors (Lipinski definition) is 9. The number of hydrazine groups is 1. The number of phenolic OH excluding ortho intramolecular Hbond substituents is 1. The fourth-order valence-electron chi connectivity index (χ4n) is 10.6. The van der Waals surface area contributed by atoms with Gasteiger partial charge in [0.15, 0.2) is 0 Å². The maximum absolute atomic E-state index is 15.5. The van der Waals surface area contributed by atoms with Crippen LogP contribution in [-0.4, -0.2) is 76.9 Å². The molecule has 4 aromatic rings. The molecule has 5 aliphatic rings. The Morgan fingerprint density at radius 1 is 0.814 bits per heavy atom. The molecule has 9 rings (SSSR count). The van der Waals surface area contributed by atoms with E-state index in [9.17, 15) is 14.7 Å². The van der Waals surface area contributed by atoms with Crippen molar-refractivity contribution in [3.05, 3.63) is 129 Å². The van der Waals surface area contributed by atoms with Crippen molar-refractivity contribution in [1.29, 1.82) is 0 Å². The Labute approximate surface area is 352 Å². The lowest BCUT2D eigenvalue weighted by molar-refractivity contribution is -0.144. The number of amides is 4. The van der Waals surface area contributed by atoms with Crippen LogP contribution in [0, 0.1) is 23.7 Å². The Balaban J connectivity index is 1.13. The van der Waals surface area contributed by atoms with Crippen molar-refractivity contribution >= 4 is 52.5 Å².